The molecule has 0 aliphatic carbocycles. The molecule has 0 saturated carbocycles. The number of carboxylic acid groups (broad SMARTS) is 1. The number of amides is 1. The van der Waals surface area contributed by atoms with Crippen molar-refractivity contribution >= 4 is 46.3 Å². The maximum absolute atomic E-state index is 12.2. The molecule has 104 valence electrons. The Morgan fingerprint density at radius 3 is 2.95 bits per heavy atom. The molecular weight excluding hydrogens is 296 g/mol. The van der Waals surface area contributed by atoms with E-state index in [-0.39, 0.29) is 18.9 Å². The first-order chi connectivity index (χ1) is 9.58. The van der Waals surface area contributed by atoms with E-state index in [0.29, 0.717) is 21.3 Å². The number of aliphatic carboxylic acids is 1. The SMILES string of the molecule is O=C([O-])CCCN1C(=O)C(=Cc2ccccn2)SC1=S. The van der Waals surface area contributed by atoms with E-state index in [4.69, 9.17) is 12.2 Å². The number of hydrogen-bond donors (Lipinski definition) is 0. The summed E-state index contributed by atoms with van der Waals surface area (Å²) in [5.74, 6) is -1.33. The lowest BCUT2D eigenvalue weighted by Crippen LogP contribution is -2.30. The van der Waals surface area contributed by atoms with Crippen LogP contribution >= 0.6 is 24.0 Å². The summed E-state index contributed by atoms with van der Waals surface area (Å²) >= 11 is 6.33. The van der Waals surface area contributed by atoms with Gasteiger partial charge in [-0.05, 0) is 31.1 Å². The molecule has 0 unspecified atom stereocenters. The number of pyridine rings is 1. The number of aromatic nitrogens is 1. The maximum atomic E-state index is 12.2. The second-order valence-corrected chi connectivity index (χ2v) is 5.74. The molecule has 0 radical (unpaired) electrons. The zero-order chi connectivity index (χ0) is 14.5. The van der Waals surface area contributed by atoms with Gasteiger partial charge in [-0.2, -0.15) is 0 Å². The molecule has 0 spiro atoms. The van der Waals surface area contributed by atoms with E-state index in [9.17, 15) is 14.7 Å². The second-order valence-electron chi connectivity index (χ2n) is 4.06. The standard InChI is InChI=1S/C13H12N2O3S2/c16-11(17)5-3-7-15-12(18)10(20-13(15)19)8-9-4-1-2-6-14-9/h1-2,4,6,8H,3,5,7H2,(H,16,17)/p-1. The van der Waals surface area contributed by atoms with E-state index in [1.54, 1.807) is 24.4 Å². The van der Waals surface area contributed by atoms with Gasteiger partial charge in [-0.3, -0.25) is 14.7 Å². The van der Waals surface area contributed by atoms with E-state index in [1.807, 2.05) is 6.07 Å². The molecule has 1 fully saturated rings. The molecule has 1 amide bonds. The fourth-order valence-electron chi connectivity index (χ4n) is 1.67. The Balaban J connectivity index is 2.05. The Kier molecular flexibility index (Phi) is 4.86. The van der Waals surface area contributed by atoms with Crippen LogP contribution in [-0.2, 0) is 9.59 Å². The van der Waals surface area contributed by atoms with Crippen molar-refractivity contribution < 1.29 is 14.7 Å². The quantitative estimate of drug-likeness (QED) is 0.592. The minimum Gasteiger partial charge on any atom is -0.550 e. The summed E-state index contributed by atoms with van der Waals surface area (Å²) in [6.07, 6.45) is 3.56. The number of hydrogen-bond acceptors (Lipinski definition) is 6. The number of thiocarbonyl (C=S) groups is 1. The molecule has 1 aliphatic heterocycles. The summed E-state index contributed by atoms with van der Waals surface area (Å²) in [6, 6.07) is 5.42. The smallest absolute Gasteiger partial charge is 0.266 e. The van der Waals surface area contributed by atoms with Crippen LogP contribution in [0.4, 0.5) is 0 Å². The van der Waals surface area contributed by atoms with Crippen molar-refractivity contribution in [3.8, 4) is 0 Å². The molecule has 0 aromatic carbocycles. The minimum absolute atomic E-state index is 0.0870. The van der Waals surface area contributed by atoms with Crippen molar-refractivity contribution in [2.45, 2.75) is 12.8 Å². The van der Waals surface area contributed by atoms with Gasteiger partial charge in [0.1, 0.15) is 4.32 Å². The van der Waals surface area contributed by atoms with Crippen LogP contribution in [0.25, 0.3) is 6.08 Å². The summed E-state index contributed by atoms with van der Waals surface area (Å²) in [5.41, 5.74) is 0.683. The van der Waals surface area contributed by atoms with Gasteiger partial charge in [0.2, 0.25) is 0 Å². The first-order valence-electron chi connectivity index (χ1n) is 5.94. The normalized spacial score (nSPS) is 17.0. The Morgan fingerprint density at radius 1 is 1.50 bits per heavy atom. The third-order valence-corrected chi connectivity index (χ3v) is 3.98. The summed E-state index contributed by atoms with van der Waals surface area (Å²) < 4.78 is 0.440. The number of carboxylic acids is 1. The third kappa shape index (κ3) is 3.64. The molecule has 2 heterocycles. The van der Waals surface area contributed by atoms with Crippen LogP contribution in [-0.4, -0.2) is 32.6 Å². The molecule has 0 N–H and O–H groups in total. The fraction of sp³-hybridized carbons (Fsp3) is 0.231. The molecular formula is C13H11N2O3S2-. The molecule has 20 heavy (non-hydrogen) atoms. The zero-order valence-corrected chi connectivity index (χ0v) is 12.1. The molecule has 0 bridgehead atoms. The van der Waals surface area contributed by atoms with E-state index >= 15 is 0 Å². The van der Waals surface area contributed by atoms with E-state index in [2.05, 4.69) is 4.98 Å². The highest BCUT2D eigenvalue weighted by Crippen LogP contribution is 2.32. The lowest BCUT2D eigenvalue weighted by Gasteiger charge is -2.14. The van der Waals surface area contributed by atoms with E-state index < -0.39 is 5.97 Å². The molecule has 7 heteroatoms. The van der Waals surface area contributed by atoms with Gasteiger partial charge < -0.3 is 9.90 Å². The summed E-state index contributed by atoms with van der Waals surface area (Å²) in [5, 5.41) is 10.4. The van der Waals surface area contributed by atoms with E-state index in [1.165, 1.54) is 16.7 Å². The minimum atomic E-state index is -1.13. The van der Waals surface area contributed by atoms with Crippen molar-refractivity contribution in [1.29, 1.82) is 0 Å². The predicted octanol–water partition coefficient (Wildman–Crippen LogP) is 0.813. The van der Waals surface area contributed by atoms with Crippen molar-refractivity contribution in [2.75, 3.05) is 6.54 Å². The molecule has 5 nitrogen and oxygen atoms in total. The van der Waals surface area contributed by atoms with Crippen LogP contribution in [0.1, 0.15) is 18.5 Å². The number of thioether (sulfide) groups is 1. The van der Waals surface area contributed by atoms with Crippen molar-refractivity contribution in [2.24, 2.45) is 0 Å². The molecule has 1 aromatic rings. The molecule has 1 aromatic heterocycles. The largest absolute Gasteiger partial charge is 0.550 e. The summed E-state index contributed by atoms with van der Waals surface area (Å²) in [7, 11) is 0. The van der Waals surface area contributed by atoms with Crippen LogP contribution < -0.4 is 5.11 Å². The average Bonchev–Trinajstić information content (AvgIpc) is 2.67. The lowest BCUT2D eigenvalue weighted by atomic mass is 10.3. The zero-order valence-electron chi connectivity index (χ0n) is 10.4. The molecule has 0 atom stereocenters. The molecule has 1 aliphatic rings. The number of carbonyl (C=O) groups is 2. The Hall–Kier alpha value is -1.73. The topological polar surface area (TPSA) is 73.3 Å². The summed E-state index contributed by atoms with van der Waals surface area (Å²) in [4.78, 5) is 28.6. The maximum Gasteiger partial charge on any atom is 0.266 e. The number of nitrogens with zero attached hydrogens (tertiary/aromatic N) is 2. The molecule has 2 rings (SSSR count). The van der Waals surface area contributed by atoms with Crippen molar-refractivity contribution in [3.63, 3.8) is 0 Å². The summed E-state index contributed by atoms with van der Waals surface area (Å²) in [6.45, 7) is 0.290. The lowest BCUT2D eigenvalue weighted by molar-refractivity contribution is -0.305. The Bertz CT molecular complexity index is 572. The van der Waals surface area contributed by atoms with Gasteiger partial charge in [0.25, 0.3) is 5.91 Å². The predicted molar refractivity (Wildman–Crippen MR) is 78.4 cm³/mol. The van der Waals surface area contributed by atoms with Crippen molar-refractivity contribution in [3.05, 3.63) is 35.0 Å². The number of rotatable bonds is 5. The van der Waals surface area contributed by atoms with Gasteiger partial charge in [-0.15, -0.1) is 0 Å². The Morgan fingerprint density at radius 2 is 2.30 bits per heavy atom. The van der Waals surface area contributed by atoms with Gasteiger partial charge in [0, 0.05) is 18.7 Å². The van der Waals surface area contributed by atoms with Crippen LogP contribution in [0, 0.1) is 0 Å². The highest BCUT2D eigenvalue weighted by Gasteiger charge is 2.31. The number of carbonyl (C=O) groups excluding carboxylic acids is 2. The third-order valence-electron chi connectivity index (χ3n) is 2.60. The highest BCUT2D eigenvalue weighted by molar-refractivity contribution is 8.26. The monoisotopic (exact) mass is 307 g/mol. The van der Waals surface area contributed by atoms with Gasteiger partial charge in [0.05, 0.1) is 10.6 Å². The Labute approximate surface area is 125 Å². The highest BCUT2D eigenvalue weighted by atomic mass is 32.2. The van der Waals surface area contributed by atoms with E-state index in [0.717, 1.165) is 0 Å². The van der Waals surface area contributed by atoms with Crippen LogP contribution in [0.5, 0.6) is 0 Å². The molecule has 1 saturated heterocycles. The van der Waals surface area contributed by atoms with Crippen LogP contribution in [0.3, 0.4) is 0 Å². The second kappa shape index (κ2) is 6.62. The fourth-order valence-corrected chi connectivity index (χ4v) is 2.96. The van der Waals surface area contributed by atoms with Crippen molar-refractivity contribution in [1.82, 2.24) is 9.88 Å². The van der Waals surface area contributed by atoms with Gasteiger partial charge in [-0.25, -0.2) is 0 Å². The van der Waals surface area contributed by atoms with Crippen LogP contribution in [0.15, 0.2) is 29.3 Å². The van der Waals surface area contributed by atoms with Gasteiger partial charge in [0.15, 0.2) is 0 Å². The van der Waals surface area contributed by atoms with Gasteiger partial charge in [-0.1, -0.05) is 30.0 Å². The van der Waals surface area contributed by atoms with Gasteiger partial charge >= 0.3 is 0 Å². The first-order valence-corrected chi connectivity index (χ1v) is 7.16. The first kappa shape index (κ1) is 14.7. The van der Waals surface area contributed by atoms with Crippen LogP contribution in [0.2, 0.25) is 0 Å². The average molecular weight is 307 g/mol.